The van der Waals surface area contributed by atoms with Crippen LogP contribution in [-0.2, 0) is 0 Å². The summed E-state index contributed by atoms with van der Waals surface area (Å²) in [6, 6.07) is 0. The van der Waals surface area contributed by atoms with Crippen LogP contribution in [0.5, 0.6) is 0 Å². The molecule has 0 aliphatic rings. The molecule has 1 aromatic rings. The molecular weight excluding hydrogens is 273 g/mol. The van der Waals surface area contributed by atoms with Crippen molar-refractivity contribution in [3.8, 4) is 0 Å². The number of halogens is 3. The Labute approximate surface area is 106 Å². The van der Waals surface area contributed by atoms with Gasteiger partial charge in [0.1, 0.15) is 0 Å². The molecule has 0 aliphatic heterocycles. The molecule has 0 radical (unpaired) electrons. The molecule has 0 bridgehead atoms. The van der Waals surface area contributed by atoms with Crippen LogP contribution < -0.4 is 10.2 Å². The number of hydrogen-bond donors (Lipinski definition) is 1. The lowest BCUT2D eigenvalue weighted by Crippen LogP contribution is -2.30. The maximum atomic E-state index is 11.8. The predicted molar refractivity (Wildman–Crippen MR) is 63.9 cm³/mol. The Morgan fingerprint density at radius 1 is 1.35 bits per heavy atom. The lowest BCUT2D eigenvalue weighted by molar-refractivity contribution is -0.124. The second-order valence-corrected chi connectivity index (χ2v) is 5.68. The Hall–Kier alpha value is -0.540. The summed E-state index contributed by atoms with van der Waals surface area (Å²) in [4.78, 5) is 1.84. The Morgan fingerprint density at radius 2 is 2.06 bits per heavy atom. The number of rotatable bonds is 6. The molecule has 1 aromatic heterocycles. The fraction of sp³-hybridized carbons (Fsp3) is 0.750. The molecule has 0 unspecified atom stereocenters. The second-order valence-electron chi connectivity index (χ2n) is 3.39. The van der Waals surface area contributed by atoms with Crippen LogP contribution in [0.3, 0.4) is 0 Å². The number of nitrogens with zero attached hydrogens (tertiary/aromatic N) is 3. The minimum absolute atomic E-state index is 0.293. The normalized spacial score (nSPS) is 11.8. The van der Waals surface area contributed by atoms with Gasteiger partial charge in [-0.15, -0.1) is 10.2 Å². The maximum Gasteiger partial charge on any atom is 0.401 e. The molecule has 4 nitrogen and oxygen atoms in total. The Balaban J connectivity index is 2.18. The largest absolute Gasteiger partial charge is 0.401 e. The van der Waals surface area contributed by atoms with Gasteiger partial charge in [-0.1, -0.05) is 23.1 Å². The van der Waals surface area contributed by atoms with Gasteiger partial charge in [-0.2, -0.15) is 13.2 Å². The quantitative estimate of drug-likeness (QED) is 0.638. The number of hydrogen-bond acceptors (Lipinski definition) is 6. The summed E-state index contributed by atoms with van der Waals surface area (Å²) in [5.41, 5.74) is 0. The minimum Gasteiger partial charge on any atom is -0.353 e. The highest BCUT2D eigenvalue weighted by Gasteiger charge is 2.25. The van der Waals surface area contributed by atoms with E-state index < -0.39 is 12.7 Å². The van der Waals surface area contributed by atoms with Crippen LogP contribution in [0.1, 0.15) is 0 Å². The molecule has 0 saturated carbocycles. The van der Waals surface area contributed by atoms with E-state index in [1.54, 1.807) is 0 Å². The lowest BCUT2D eigenvalue weighted by Gasteiger charge is -2.06. The number of aromatic nitrogens is 2. The van der Waals surface area contributed by atoms with E-state index in [0.29, 0.717) is 12.3 Å². The summed E-state index contributed by atoms with van der Waals surface area (Å²) in [6.45, 7) is -0.659. The molecule has 0 aliphatic carbocycles. The molecule has 0 saturated heterocycles. The fourth-order valence-electron chi connectivity index (χ4n) is 0.882. The standard InChI is InChI=1S/C8H13F3N4S2/c1-15(2)6-13-14-7(17-6)16-4-3-12-5-8(9,10)11/h12H,3-5H2,1-2H3. The molecule has 0 aromatic carbocycles. The average Bonchev–Trinajstić information content (AvgIpc) is 2.64. The van der Waals surface area contributed by atoms with Crippen LogP contribution in [-0.4, -0.2) is 49.3 Å². The summed E-state index contributed by atoms with van der Waals surface area (Å²) < 4.78 is 36.2. The molecule has 98 valence electrons. The number of thioether (sulfide) groups is 1. The zero-order valence-electron chi connectivity index (χ0n) is 9.41. The third-order valence-corrected chi connectivity index (χ3v) is 3.83. The molecule has 0 spiro atoms. The van der Waals surface area contributed by atoms with E-state index in [2.05, 4.69) is 15.5 Å². The van der Waals surface area contributed by atoms with Crippen LogP contribution in [0.4, 0.5) is 18.3 Å². The first kappa shape index (κ1) is 14.5. The number of anilines is 1. The van der Waals surface area contributed by atoms with E-state index in [0.717, 1.165) is 9.47 Å². The van der Waals surface area contributed by atoms with Crippen molar-refractivity contribution in [1.29, 1.82) is 0 Å². The summed E-state index contributed by atoms with van der Waals surface area (Å²) >= 11 is 2.82. The lowest BCUT2D eigenvalue weighted by atomic mass is 10.6. The van der Waals surface area contributed by atoms with Crippen LogP contribution in [0.25, 0.3) is 0 Å². The first-order chi connectivity index (χ1) is 7.88. The van der Waals surface area contributed by atoms with Crippen LogP contribution >= 0.6 is 23.1 Å². The van der Waals surface area contributed by atoms with Crippen molar-refractivity contribution in [2.24, 2.45) is 0 Å². The molecule has 17 heavy (non-hydrogen) atoms. The zero-order valence-corrected chi connectivity index (χ0v) is 11.0. The summed E-state index contributed by atoms with van der Waals surface area (Å²) in [5.74, 6) is 0.540. The predicted octanol–water partition coefficient (Wildman–Crippen LogP) is 1.85. The van der Waals surface area contributed by atoms with E-state index >= 15 is 0 Å². The molecule has 1 heterocycles. The third-order valence-electron chi connectivity index (χ3n) is 1.61. The van der Waals surface area contributed by atoms with Gasteiger partial charge in [0.15, 0.2) is 4.34 Å². The Morgan fingerprint density at radius 3 is 2.59 bits per heavy atom. The highest BCUT2D eigenvalue weighted by molar-refractivity contribution is 8.01. The molecule has 1 N–H and O–H groups in total. The van der Waals surface area contributed by atoms with Crippen molar-refractivity contribution in [2.45, 2.75) is 10.5 Å². The minimum atomic E-state index is -4.15. The smallest absolute Gasteiger partial charge is 0.353 e. The first-order valence-corrected chi connectivity index (χ1v) is 6.60. The zero-order chi connectivity index (χ0) is 12.9. The van der Waals surface area contributed by atoms with Crippen molar-refractivity contribution in [2.75, 3.05) is 37.8 Å². The van der Waals surface area contributed by atoms with Crippen molar-refractivity contribution in [3.05, 3.63) is 0 Å². The van der Waals surface area contributed by atoms with Crippen molar-refractivity contribution in [3.63, 3.8) is 0 Å². The summed E-state index contributed by atoms with van der Waals surface area (Å²) in [5, 5.41) is 11.0. The summed E-state index contributed by atoms with van der Waals surface area (Å²) in [7, 11) is 3.72. The Bertz CT molecular complexity index is 340. The van der Waals surface area contributed by atoms with Gasteiger partial charge in [-0.05, 0) is 0 Å². The van der Waals surface area contributed by atoms with Crippen LogP contribution in [0, 0.1) is 0 Å². The highest BCUT2D eigenvalue weighted by atomic mass is 32.2. The fourth-order valence-corrected chi connectivity index (χ4v) is 2.61. The van der Waals surface area contributed by atoms with E-state index in [-0.39, 0.29) is 0 Å². The van der Waals surface area contributed by atoms with Crippen molar-refractivity contribution in [1.82, 2.24) is 15.5 Å². The molecule has 0 amide bonds. The molecule has 1 rings (SSSR count). The van der Waals surface area contributed by atoms with Gasteiger partial charge in [0.25, 0.3) is 0 Å². The van der Waals surface area contributed by atoms with E-state index in [1.165, 1.54) is 23.1 Å². The second kappa shape index (κ2) is 6.41. The summed E-state index contributed by atoms with van der Waals surface area (Å²) in [6.07, 6.45) is -4.15. The van der Waals surface area contributed by atoms with Gasteiger partial charge < -0.3 is 10.2 Å². The van der Waals surface area contributed by atoms with Crippen molar-refractivity contribution >= 4 is 28.2 Å². The molecule has 9 heteroatoms. The van der Waals surface area contributed by atoms with E-state index in [4.69, 9.17) is 0 Å². The molecule has 0 fully saturated rings. The number of nitrogens with one attached hydrogen (secondary N) is 1. The van der Waals surface area contributed by atoms with Crippen molar-refractivity contribution < 1.29 is 13.2 Å². The van der Waals surface area contributed by atoms with Gasteiger partial charge in [0.2, 0.25) is 5.13 Å². The molecule has 0 atom stereocenters. The van der Waals surface area contributed by atoms with Gasteiger partial charge in [-0.3, -0.25) is 0 Å². The van der Waals surface area contributed by atoms with Crippen LogP contribution in [0.15, 0.2) is 4.34 Å². The SMILES string of the molecule is CN(C)c1nnc(SCCNCC(F)(F)F)s1. The topological polar surface area (TPSA) is 41.1 Å². The maximum absolute atomic E-state index is 11.8. The van der Waals surface area contributed by atoms with Gasteiger partial charge in [-0.25, -0.2) is 0 Å². The monoisotopic (exact) mass is 286 g/mol. The van der Waals surface area contributed by atoms with Gasteiger partial charge in [0, 0.05) is 26.4 Å². The first-order valence-electron chi connectivity index (χ1n) is 4.79. The number of alkyl halides is 3. The Kier molecular flexibility index (Phi) is 5.47. The van der Waals surface area contributed by atoms with Crippen LogP contribution in [0.2, 0.25) is 0 Å². The van der Waals surface area contributed by atoms with E-state index in [9.17, 15) is 13.2 Å². The third kappa shape index (κ3) is 6.08. The molecular formula is C8H13F3N4S2. The highest BCUT2D eigenvalue weighted by Crippen LogP contribution is 2.26. The van der Waals surface area contributed by atoms with Gasteiger partial charge in [0.05, 0.1) is 6.54 Å². The average molecular weight is 286 g/mol. The van der Waals surface area contributed by atoms with E-state index in [1.807, 2.05) is 19.0 Å². The van der Waals surface area contributed by atoms with Gasteiger partial charge >= 0.3 is 6.18 Å².